The van der Waals surface area contributed by atoms with Gasteiger partial charge in [0.05, 0.1) is 12.5 Å². The molecule has 0 saturated carbocycles. The minimum atomic E-state index is -0.205. The van der Waals surface area contributed by atoms with Gasteiger partial charge in [0.2, 0.25) is 5.91 Å². The van der Waals surface area contributed by atoms with Crippen LogP contribution in [0.2, 0.25) is 0 Å². The number of carbonyl (C=O) groups is 2. The fourth-order valence-electron chi connectivity index (χ4n) is 3.94. The third-order valence-electron chi connectivity index (χ3n) is 5.34. The molecule has 2 amide bonds. The van der Waals surface area contributed by atoms with Crippen LogP contribution in [0, 0.1) is 0 Å². The number of carbonyl (C=O) groups excluding carboxylic acids is 2. The van der Waals surface area contributed by atoms with Crippen molar-refractivity contribution < 1.29 is 9.59 Å². The Morgan fingerprint density at radius 2 is 2.04 bits per heavy atom. The lowest BCUT2D eigenvalue weighted by atomic mass is 9.95. The summed E-state index contributed by atoms with van der Waals surface area (Å²) in [5, 5.41) is 2.93. The molecule has 6 heteroatoms. The maximum Gasteiger partial charge on any atom is 0.252 e. The summed E-state index contributed by atoms with van der Waals surface area (Å²) in [6.45, 7) is 1.50. The number of fused-ring (bicyclic) bond motifs is 1. The van der Waals surface area contributed by atoms with Gasteiger partial charge >= 0.3 is 0 Å². The van der Waals surface area contributed by atoms with Gasteiger partial charge in [-0.25, -0.2) is 4.98 Å². The van der Waals surface area contributed by atoms with Crippen molar-refractivity contribution in [3.8, 4) is 0 Å². The normalized spacial score (nSPS) is 20.4. The van der Waals surface area contributed by atoms with Crippen molar-refractivity contribution in [1.82, 2.24) is 19.8 Å². The number of piperidine rings is 1. The lowest BCUT2D eigenvalue weighted by Crippen LogP contribution is -2.39. The lowest BCUT2D eigenvalue weighted by Gasteiger charge is -2.32. The van der Waals surface area contributed by atoms with E-state index in [0.29, 0.717) is 17.9 Å². The zero-order valence-electron chi connectivity index (χ0n) is 14.3. The van der Waals surface area contributed by atoms with Gasteiger partial charge in [-0.2, -0.15) is 0 Å². The Hall–Kier alpha value is -2.63. The molecule has 1 saturated heterocycles. The molecule has 2 aromatic rings. The molecule has 1 N–H and O–H groups in total. The van der Waals surface area contributed by atoms with Crippen LogP contribution in [0.5, 0.6) is 0 Å². The predicted molar refractivity (Wildman–Crippen MR) is 93.0 cm³/mol. The Labute approximate surface area is 146 Å². The molecule has 2 aliphatic heterocycles. The molecule has 1 fully saturated rings. The number of hydrogen-bond donors (Lipinski definition) is 1. The minimum absolute atomic E-state index is 0.0816. The van der Waals surface area contributed by atoms with Gasteiger partial charge < -0.3 is 14.8 Å². The summed E-state index contributed by atoms with van der Waals surface area (Å²) in [5.74, 6) is 1.54. The molecule has 4 rings (SSSR count). The molecule has 2 aliphatic rings. The average Bonchev–Trinajstić information content (AvgIpc) is 3.19. The molecule has 130 valence electrons. The van der Waals surface area contributed by atoms with E-state index in [9.17, 15) is 9.59 Å². The number of aromatic nitrogens is 2. The minimum Gasteiger partial charge on any atom is -0.345 e. The maximum atomic E-state index is 12.7. The van der Waals surface area contributed by atoms with Gasteiger partial charge in [0.25, 0.3) is 5.91 Å². The number of likely N-dealkylation sites (tertiary alicyclic amines) is 1. The van der Waals surface area contributed by atoms with Crippen LogP contribution in [-0.2, 0) is 11.8 Å². The highest BCUT2D eigenvalue weighted by molar-refractivity contribution is 5.99. The smallest absolute Gasteiger partial charge is 0.252 e. The summed E-state index contributed by atoms with van der Waals surface area (Å²) >= 11 is 0. The first kappa shape index (κ1) is 15.9. The molecule has 3 heterocycles. The molecule has 0 bridgehead atoms. The highest BCUT2D eigenvalue weighted by Crippen LogP contribution is 2.30. The first-order valence-corrected chi connectivity index (χ1v) is 8.78. The summed E-state index contributed by atoms with van der Waals surface area (Å²) in [6.07, 6.45) is 5.99. The highest BCUT2D eigenvalue weighted by atomic mass is 16.2. The molecular weight excluding hydrogens is 316 g/mol. The molecule has 1 aromatic carbocycles. The Balaban J connectivity index is 1.37. The van der Waals surface area contributed by atoms with Crippen LogP contribution in [0.15, 0.2) is 36.7 Å². The molecule has 6 nitrogen and oxygen atoms in total. The third kappa shape index (κ3) is 2.92. The van der Waals surface area contributed by atoms with Crippen molar-refractivity contribution >= 4 is 11.8 Å². The number of imidazole rings is 1. The fourth-order valence-corrected chi connectivity index (χ4v) is 3.94. The summed E-state index contributed by atoms with van der Waals surface area (Å²) in [5.41, 5.74) is 1.62. The Kier molecular flexibility index (Phi) is 4.03. The summed E-state index contributed by atoms with van der Waals surface area (Å²) in [4.78, 5) is 31.0. The van der Waals surface area contributed by atoms with E-state index >= 15 is 0 Å². The molecule has 0 radical (unpaired) electrons. The van der Waals surface area contributed by atoms with Gasteiger partial charge in [0.1, 0.15) is 5.82 Å². The Morgan fingerprint density at radius 1 is 1.28 bits per heavy atom. The van der Waals surface area contributed by atoms with Crippen molar-refractivity contribution in [2.75, 3.05) is 13.1 Å². The number of nitrogens with one attached hydrogen (secondary N) is 1. The molecule has 0 spiro atoms. The summed E-state index contributed by atoms with van der Waals surface area (Å²) in [6, 6.07) is 7.30. The van der Waals surface area contributed by atoms with E-state index in [1.165, 1.54) is 0 Å². The van der Waals surface area contributed by atoms with Gasteiger partial charge in [-0.1, -0.05) is 18.2 Å². The maximum absolute atomic E-state index is 12.7. The SMILES string of the molecule is Cn1ccnc1C1CCN(C(=O)C[C@@H]2NC(=O)c3ccccc32)CC1. The number of amides is 2. The van der Waals surface area contributed by atoms with E-state index < -0.39 is 0 Å². The molecule has 25 heavy (non-hydrogen) atoms. The zero-order chi connectivity index (χ0) is 17.4. The van der Waals surface area contributed by atoms with E-state index in [1.807, 2.05) is 48.6 Å². The van der Waals surface area contributed by atoms with Crippen molar-refractivity contribution in [2.24, 2.45) is 7.05 Å². The van der Waals surface area contributed by atoms with Crippen LogP contribution in [0.4, 0.5) is 0 Å². The van der Waals surface area contributed by atoms with Crippen molar-refractivity contribution in [3.63, 3.8) is 0 Å². The van der Waals surface area contributed by atoms with Crippen molar-refractivity contribution in [3.05, 3.63) is 53.6 Å². The number of rotatable bonds is 3. The second-order valence-corrected chi connectivity index (χ2v) is 6.87. The standard InChI is InChI=1S/C19H22N4O2/c1-22-11-8-20-18(22)13-6-9-23(10-7-13)17(24)12-16-14-4-2-3-5-15(14)19(25)21-16/h2-5,8,11,13,16H,6-7,9-10,12H2,1H3,(H,21,25)/t16-/m0/s1. The second kappa shape index (κ2) is 6.35. The average molecular weight is 338 g/mol. The first-order chi connectivity index (χ1) is 12.1. The Bertz CT molecular complexity index is 805. The molecule has 1 aromatic heterocycles. The monoisotopic (exact) mass is 338 g/mol. The van der Waals surface area contributed by atoms with E-state index in [2.05, 4.69) is 14.9 Å². The van der Waals surface area contributed by atoms with Crippen LogP contribution in [0.3, 0.4) is 0 Å². The fraction of sp³-hybridized carbons (Fsp3) is 0.421. The number of benzene rings is 1. The van der Waals surface area contributed by atoms with Crippen molar-refractivity contribution in [2.45, 2.75) is 31.2 Å². The van der Waals surface area contributed by atoms with Crippen LogP contribution < -0.4 is 5.32 Å². The van der Waals surface area contributed by atoms with E-state index in [1.54, 1.807) is 0 Å². The number of aryl methyl sites for hydroxylation is 1. The number of nitrogens with zero attached hydrogens (tertiary/aromatic N) is 3. The lowest BCUT2D eigenvalue weighted by molar-refractivity contribution is -0.132. The Morgan fingerprint density at radius 3 is 2.76 bits per heavy atom. The van der Waals surface area contributed by atoms with Gasteiger partial charge in [-0.15, -0.1) is 0 Å². The van der Waals surface area contributed by atoms with Crippen LogP contribution in [0.1, 0.15) is 53.0 Å². The largest absolute Gasteiger partial charge is 0.345 e. The van der Waals surface area contributed by atoms with Gasteiger partial charge in [-0.3, -0.25) is 9.59 Å². The summed E-state index contributed by atoms with van der Waals surface area (Å²) < 4.78 is 2.06. The number of hydrogen-bond acceptors (Lipinski definition) is 3. The van der Waals surface area contributed by atoms with Gasteiger partial charge in [0.15, 0.2) is 0 Å². The van der Waals surface area contributed by atoms with E-state index in [-0.39, 0.29) is 17.9 Å². The molecule has 0 unspecified atom stereocenters. The van der Waals surface area contributed by atoms with Gasteiger partial charge in [0, 0.05) is 44.0 Å². The topological polar surface area (TPSA) is 67.2 Å². The molecule has 0 aliphatic carbocycles. The van der Waals surface area contributed by atoms with Crippen LogP contribution >= 0.6 is 0 Å². The van der Waals surface area contributed by atoms with Crippen molar-refractivity contribution in [1.29, 1.82) is 0 Å². The van der Waals surface area contributed by atoms with E-state index in [0.717, 1.165) is 37.3 Å². The van der Waals surface area contributed by atoms with Crippen LogP contribution in [0.25, 0.3) is 0 Å². The first-order valence-electron chi connectivity index (χ1n) is 8.78. The third-order valence-corrected chi connectivity index (χ3v) is 5.34. The predicted octanol–water partition coefficient (Wildman–Crippen LogP) is 2.00. The quantitative estimate of drug-likeness (QED) is 0.931. The van der Waals surface area contributed by atoms with Gasteiger partial charge in [-0.05, 0) is 24.5 Å². The zero-order valence-corrected chi connectivity index (χ0v) is 14.3. The highest BCUT2D eigenvalue weighted by Gasteiger charge is 2.32. The van der Waals surface area contributed by atoms with E-state index in [4.69, 9.17) is 0 Å². The van der Waals surface area contributed by atoms with Crippen LogP contribution in [-0.4, -0.2) is 39.4 Å². The molecular formula is C19H22N4O2. The summed E-state index contributed by atoms with van der Waals surface area (Å²) in [7, 11) is 2.01. The second-order valence-electron chi connectivity index (χ2n) is 6.87. The molecule has 1 atom stereocenters.